The fourth-order valence-corrected chi connectivity index (χ4v) is 5.60. The quantitative estimate of drug-likeness (QED) is 0.137. The minimum atomic E-state index is -0.561. The van der Waals surface area contributed by atoms with Gasteiger partial charge in [-0.25, -0.2) is 9.18 Å². The molecule has 1 aliphatic rings. The molecule has 4 aromatic carbocycles. The molecule has 0 saturated heterocycles. The normalized spacial score (nSPS) is 16.5. The molecule has 0 unspecified atom stereocenters. The average molecular weight is 669 g/mol. The van der Waals surface area contributed by atoms with Gasteiger partial charge in [-0.05, 0) is 86.3 Å². The van der Waals surface area contributed by atoms with Gasteiger partial charge in [0.15, 0.2) is 0 Å². The molecule has 3 atom stereocenters. The van der Waals surface area contributed by atoms with Gasteiger partial charge in [-0.2, -0.15) is 0 Å². The molecule has 0 aliphatic carbocycles. The van der Waals surface area contributed by atoms with Crippen LogP contribution in [-0.2, 0) is 6.54 Å². The maximum Gasteiger partial charge on any atom is 0.323 e. The number of fused-ring (bicyclic) bond motifs is 1. The van der Waals surface area contributed by atoms with Crippen molar-refractivity contribution in [3.63, 3.8) is 0 Å². The van der Waals surface area contributed by atoms with E-state index >= 15 is 0 Å². The number of ether oxygens (including phenoxy) is 1. The van der Waals surface area contributed by atoms with Crippen LogP contribution in [0.1, 0.15) is 40.1 Å². The number of nitrogens with zero attached hydrogens (tertiary/aromatic N) is 2. The van der Waals surface area contributed by atoms with E-state index < -0.39 is 17.9 Å². The minimum absolute atomic E-state index is 0.0932. The monoisotopic (exact) mass is 668 g/mol. The van der Waals surface area contributed by atoms with Gasteiger partial charge in [0.25, 0.3) is 11.8 Å². The van der Waals surface area contributed by atoms with Crippen LogP contribution in [0, 0.1) is 11.7 Å². The molecule has 49 heavy (non-hydrogen) atoms. The number of hydrogen-bond acceptors (Lipinski definition) is 7. The van der Waals surface area contributed by atoms with Crippen LogP contribution in [-0.4, -0.2) is 71.6 Å². The summed E-state index contributed by atoms with van der Waals surface area (Å²) in [5.41, 5.74) is 9.53. The molecule has 256 valence electrons. The number of para-hydroxylation sites is 2. The Balaban J connectivity index is 1.28. The Labute approximate surface area is 284 Å². The van der Waals surface area contributed by atoms with Crippen molar-refractivity contribution in [1.29, 1.82) is 0 Å². The van der Waals surface area contributed by atoms with Crippen LogP contribution in [0.2, 0.25) is 0 Å². The van der Waals surface area contributed by atoms with E-state index in [2.05, 4.69) is 20.9 Å². The second kappa shape index (κ2) is 15.6. The number of urea groups is 1. The van der Waals surface area contributed by atoms with Crippen LogP contribution in [0.3, 0.4) is 0 Å². The van der Waals surface area contributed by atoms with Crippen molar-refractivity contribution in [2.75, 3.05) is 48.4 Å². The van der Waals surface area contributed by atoms with E-state index in [1.807, 2.05) is 26.1 Å². The molecule has 0 saturated carbocycles. The SMILES string of the molecule is C[C@@H]1CN([C@H](C)CO)C(=O)c2cc(NC(=O)Nc3ccc(F)cc3)ccc2O[C@@H]1CN(C)Cc1ccc(C(=O)Nc2ccccc2N)cc1. The Kier molecular flexibility index (Phi) is 11.1. The molecule has 0 radical (unpaired) electrons. The lowest BCUT2D eigenvalue weighted by atomic mass is 9.99. The van der Waals surface area contributed by atoms with Crippen LogP contribution in [0.25, 0.3) is 0 Å². The number of aliphatic hydroxyl groups excluding tert-OH is 1. The summed E-state index contributed by atoms with van der Waals surface area (Å²) in [4.78, 5) is 43.0. The zero-order valence-corrected chi connectivity index (χ0v) is 27.7. The van der Waals surface area contributed by atoms with E-state index in [9.17, 15) is 23.9 Å². The van der Waals surface area contributed by atoms with Gasteiger partial charge in [0, 0.05) is 42.5 Å². The third kappa shape index (κ3) is 8.92. The number of likely N-dealkylation sites (N-methyl/N-ethyl adjacent to an activating group) is 1. The van der Waals surface area contributed by atoms with E-state index in [4.69, 9.17) is 10.5 Å². The molecule has 1 heterocycles. The zero-order chi connectivity index (χ0) is 35.1. The molecule has 4 aromatic rings. The van der Waals surface area contributed by atoms with Crippen LogP contribution >= 0.6 is 0 Å². The second-order valence-corrected chi connectivity index (χ2v) is 12.4. The van der Waals surface area contributed by atoms with Gasteiger partial charge in [-0.3, -0.25) is 14.5 Å². The van der Waals surface area contributed by atoms with E-state index in [0.29, 0.717) is 53.7 Å². The third-order valence-corrected chi connectivity index (χ3v) is 8.39. The number of carbonyl (C=O) groups is 3. The standard InChI is InChI=1S/C37H41FN6O5/c1-23-19-44(24(2)22-45)36(47)30-18-29(41-37(48)40-28-14-12-27(38)13-15-28)16-17-33(30)49-34(23)21-43(3)20-25-8-10-26(11-9-25)35(46)42-32-7-5-4-6-31(32)39/h4-18,23-24,34,45H,19-22,39H2,1-3H3,(H,42,46)(H2,40,41,48)/t23-,24-,34-/m1/s1. The number of aliphatic hydroxyl groups is 1. The van der Waals surface area contributed by atoms with Crippen molar-refractivity contribution in [2.24, 2.45) is 5.92 Å². The molecule has 5 rings (SSSR count). The molecular formula is C37H41FN6O5. The lowest BCUT2D eigenvalue weighted by Crippen LogP contribution is -2.49. The predicted octanol–water partition coefficient (Wildman–Crippen LogP) is 5.66. The number of nitrogens with two attached hydrogens (primary N) is 1. The van der Waals surface area contributed by atoms with E-state index in [1.165, 1.54) is 24.3 Å². The topological polar surface area (TPSA) is 149 Å². The lowest BCUT2D eigenvalue weighted by Gasteiger charge is -2.38. The van der Waals surface area contributed by atoms with Crippen LogP contribution in [0.15, 0.2) is 91.0 Å². The molecule has 0 aromatic heterocycles. The molecular weight excluding hydrogens is 627 g/mol. The number of rotatable bonds is 10. The highest BCUT2D eigenvalue weighted by atomic mass is 19.1. The summed E-state index contributed by atoms with van der Waals surface area (Å²) in [6.07, 6.45) is -0.327. The van der Waals surface area contributed by atoms with Gasteiger partial charge in [0.2, 0.25) is 0 Å². The number of hydrogen-bond donors (Lipinski definition) is 5. The van der Waals surface area contributed by atoms with Crippen LogP contribution in [0.5, 0.6) is 5.75 Å². The smallest absolute Gasteiger partial charge is 0.323 e. The highest BCUT2D eigenvalue weighted by Gasteiger charge is 2.33. The Morgan fingerprint density at radius 2 is 1.67 bits per heavy atom. The summed E-state index contributed by atoms with van der Waals surface area (Å²) < 4.78 is 19.8. The highest BCUT2D eigenvalue weighted by molar-refractivity contribution is 6.06. The highest BCUT2D eigenvalue weighted by Crippen LogP contribution is 2.31. The molecule has 1 aliphatic heterocycles. The van der Waals surface area contributed by atoms with E-state index in [1.54, 1.807) is 66.4 Å². The van der Waals surface area contributed by atoms with Gasteiger partial charge in [-0.1, -0.05) is 31.2 Å². The third-order valence-electron chi connectivity index (χ3n) is 8.39. The average Bonchev–Trinajstić information content (AvgIpc) is 3.08. The molecule has 12 heteroatoms. The van der Waals surface area contributed by atoms with Crippen molar-refractivity contribution >= 4 is 40.6 Å². The number of amides is 4. The minimum Gasteiger partial charge on any atom is -0.488 e. The maximum atomic E-state index is 13.8. The summed E-state index contributed by atoms with van der Waals surface area (Å²) in [5.74, 6) is -0.723. The Hall–Kier alpha value is -5.46. The maximum absolute atomic E-state index is 13.8. The van der Waals surface area contributed by atoms with Crippen LogP contribution in [0.4, 0.5) is 31.9 Å². The molecule has 0 spiro atoms. The molecule has 4 amide bonds. The largest absolute Gasteiger partial charge is 0.488 e. The number of nitrogens with one attached hydrogen (secondary N) is 3. The van der Waals surface area contributed by atoms with Crippen LogP contribution < -0.4 is 26.4 Å². The number of nitrogen functional groups attached to an aromatic ring is 1. The summed E-state index contributed by atoms with van der Waals surface area (Å²) >= 11 is 0. The van der Waals surface area contributed by atoms with E-state index in [0.717, 1.165) is 5.56 Å². The number of anilines is 4. The second-order valence-electron chi connectivity index (χ2n) is 12.4. The Bertz CT molecular complexity index is 1790. The molecule has 11 nitrogen and oxygen atoms in total. The first kappa shape index (κ1) is 34.9. The molecule has 0 fully saturated rings. The van der Waals surface area contributed by atoms with Crippen molar-refractivity contribution in [3.8, 4) is 5.75 Å². The van der Waals surface area contributed by atoms with Crippen molar-refractivity contribution in [1.82, 2.24) is 9.80 Å². The van der Waals surface area contributed by atoms with Gasteiger partial charge in [-0.15, -0.1) is 0 Å². The zero-order valence-electron chi connectivity index (χ0n) is 27.7. The predicted molar refractivity (Wildman–Crippen MR) is 188 cm³/mol. The fourth-order valence-electron chi connectivity index (χ4n) is 5.60. The number of carbonyl (C=O) groups excluding carboxylic acids is 3. The number of halogens is 1. The van der Waals surface area contributed by atoms with Gasteiger partial charge >= 0.3 is 6.03 Å². The van der Waals surface area contributed by atoms with Gasteiger partial charge in [0.1, 0.15) is 17.7 Å². The Morgan fingerprint density at radius 1 is 1.00 bits per heavy atom. The first-order valence-corrected chi connectivity index (χ1v) is 16.0. The first-order chi connectivity index (χ1) is 23.5. The summed E-state index contributed by atoms with van der Waals surface area (Å²) in [6.45, 7) is 5.02. The summed E-state index contributed by atoms with van der Waals surface area (Å²) in [5, 5.41) is 18.2. The molecule has 0 bridgehead atoms. The molecule has 6 N–H and O–H groups in total. The summed E-state index contributed by atoms with van der Waals surface area (Å²) in [7, 11) is 1.97. The van der Waals surface area contributed by atoms with Crippen molar-refractivity contribution < 1.29 is 28.6 Å². The fraction of sp³-hybridized carbons (Fsp3) is 0.270. The number of benzene rings is 4. The first-order valence-electron chi connectivity index (χ1n) is 16.0. The van der Waals surface area contributed by atoms with Gasteiger partial charge < -0.3 is 36.4 Å². The van der Waals surface area contributed by atoms with Gasteiger partial charge in [0.05, 0.1) is 29.6 Å². The van der Waals surface area contributed by atoms with E-state index in [-0.39, 0.29) is 36.0 Å². The Morgan fingerprint density at radius 3 is 2.37 bits per heavy atom. The lowest BCUT2D eigenvalue weighted by molar-refractivity contribution is 0.0341. The van der Waals surface area contributed by atoms with Crippen molar-refractivity contribution in [3.05, 3.63) is 114 Å². The van der Waals surface area contributed by atoms with Crippen molar-refractivity contribution in [2.45, 2.75) is 32.5 Å². The summed E-state index contributed by atoms with van der Waals surface area (Å²) in [6, 6.07) is 23.6.